The second-order valence-corrected chi connectivity index (χ2v) is 5.17. The Balaban J connectivity index is 2.38. The number of benzene rings is 2. The van der Waals surface area contributed by atoms with Crippen LogP contribution in [0.3, 0.4) is 0 Å². The largest absolute Gasteiger partial charge is 0.497 e. The number of aliphatic carboxylic acids is 1. The van der Waals surface area contributed by atoms with Crippen molar-refractivity contribution in [2.24, 2.45) is 0 Å². The van der Waals surface area contributed by atoms with Gasteiger partial charge in [0.1, 0.15) is 5.75 Å². The van der Waals surface area contributed by atoms with Gasteiger partial charge >= 0.3 is 5.97 Å². The van der Waals surface area contributed by atoms with Crippen LogP contribution in [0, 0.1) is 0 Å². The highest BCUT2D eigenvalue weighted by molar-refractivity contribution is 6.31. The topological polar surface area (TPSA) is 58.6 Å². The molecule has 0 bridgehead atoms. The molecule has 5 heteroatoms. The molecule has 2 rings (SSSR count). The number of anilines is 1. The summed E-state index contributed by atoms with van der Waals surface area (Å²) in [7, 11) is 1.58. The quantitative estimate of drug-likeness (QED) is 0.883. The molecule has 1 atom stereocenters. The third kappa shape index (κ3) is 3.11. The van der Waals surface area contributed by atoms with E-state index in [0.29, 0.717) is 22.0 Å². The van der Waals surface area contributed by atoms with E-state index in [1.165, 1.54) is 0 Å². The first-order valence-corrected chi connectivity index (χ1v) is 6.76. The van der Waals surface area contributed by atoms with Gasteiger partial charge in [0.2, 0.25) is 0 Å². The molecular weight excluding hydrogens is 290 g/mol. The Morgan fingerprint density at radius 2 is 1.81 bits per heavy atom. The fraction of sp³-hybridized carbons (Fsp3) is 0.188. The van der Waals surface area contributed by atoms with Crippen molar-refractivity contribution in [3.8, 4) is 5.75 Å². The Kier molecular flexibility index (Phi) is 4.38. The van der Waals surface area contributed by atoms with Crippen molar-refractivity contribution in [1.29, 1.82) is 0 Å². The van der Waals surface area contributed by atoms with E-state index in [9.17, 15) is 9.90 Å². The molecule has 110 valence electrons. The average Bonchev–Trinajstić information content (AvgIpc) is 2.48. The smallest absolute Gasteiger partial charge is 0.333 e. The molecular formula is C16H16ClNO3. The zero-order valence-electron chi connectivity index (χ0n) is 11.8. The van der Waals surface area contributed by atoms with Crippen LogP contribution in [0.2, 0.25) is 5.02 Å². The number of carboxylic acid groups (broad SMARTS) is 1. The van der Waals surface area contributed by atoms with Gasteiger partial charge in [-0.2, -0.15) is 0 Å². The summed E-state index contributed by atoms with van der Waals surface area (Å²) < 4.78 is 5.09. The van der Waals surface area contributed by atoms with Crippen LogP contribution in [0.4, 0.5) is 5.69 Å². The maximum absolute atomic E-state index is 11.8. The summed E-state index contributed by atoms with van der Waals surface area (Å²) in [5.41, 5.74) is -0.150. The first kappa shape index (κ1) is 15.2. The molecule has 0 heterocycles. The molecule has 0 amide bonds. The first-order valence-electron chi connectivity index (χ1n) is 6.38. The summed E-state index contributed by atoms with van der Waals surface area (Å²) in [5, 5.41) is 13.1. The van der Waals surface area contributed by atoms with Crippen LogP contribution in [-0.4, -0.2) is 18.2 Å². The summed E-state index contributed by atoms with van der Waals surface area (Å²) in [6, 6.07) is 13.9. The molecule has 0 aliphatic rings. The van der Waals surface area contributed by atoms with Crippen LogP contribution in [0.15, 0.2) is 48.5 Å². The van der Waals surface area contributed by atoms with Crippen molar-refractivity contribution in [2.75, 3.05) is 12.4 Å². The van der Waals surface area contributed by atoms with Gasteiger partial charge in [-0.05, 0) is 37.3 Å². The van der Waals surface area contributed by atoms with Gasteiger partial charge in [-0.15, -0.1) is 0 Å². The van der Waals surface area contributed by atoms with Crippen LogP contribution in [0.1, 0.15) is 12.5 Å². The lowest BCUT2D eigenvalue weighted by Crippen LogP contribution is -2.40. The monoisotopic (exact) mass is 305 g/mol. The second-order valence-electron chi connectivity index (χ2n) is 4.76. The fourth-order valence-corrected chi connectivity index (χ4v) is 2.39. The molecule has 0 saturated carbocycles. The van der Waals surface area contributed by atoms with Gasteiger partial charge in [-0.1, -0.05) is 29.8 Å². The molecule has 4 nitrogen and oxygen atoms in total. The SMILES string of the molecule is COc1ccc(NC(C)(C(=O)O)c2ccccc2Cl)cc1. The van der Waals surface area contributed by atoms with Gasteiger partial charge < -0.3 is 15.2 Å². The lowest BCUT2D eigenvalue weighted by molar-refractivity contribution is -0.142. The number of nitrogens with one attached hydrogen (secondary N) is 1. The van der Waals surface area contributed by atoms with Gasteiger partial charge in [0.15, 0.2) is 5.54 Å². The van der Waals surface area contributed by atoms with Crippen molar-refractivity contribution in [1.82, 2.24) is 0 Å². The molecule has 2 N–H and O–H groups in total. The van der Waals surface area contributed by atoms with Gasteiger partial charge in [-0.3, -0.25) is 0 Å². The number of methoxy groups -OCH3 is 1. The van der Waals surface area contributed by atoms with E-state index >= 15 is 0 Å². The zero-order chi connectivity index (χ0) is 15.5. The molecule has 1 unspecified atom stereocenters. The van der Waals surface area contributed by atoms with Crippen molar-refractivity contribution >= 4 is 23.3 Å². The first-order chi connectivity index (χ1) is 9.97. The Morgan fingerprint density at radius 3 is 2.33 bits per heavy atom. The molecule has 21 heavy (non-hydrogen) atoms. The fourth-order valence-electron chi connectivity index (χ4n) is 2.07. The Labute approximate surface area is 128 Å². The Hall–Kier alpha value is -2.20. The highest BCUT2D eigenvalue weighted by Gasteiger charge is 2.36. The van der Waals surface area contributed by atoms with Gasteiger partial charge in [0, 0.05) is 16.3 Å². The van der Waals surface area contributed by atoms with E-state index < -0.39 is 11.5 Å². The summed E-state index contributed by atoms with van der Waals surface area (Å²) in [4.78, 5) is 11.8. The lowest BCUT2D eigenvalue weighted by atomic mass is 9.91. The zero-order valence-corrected chi connectivity index (χ0v) is 12.5. The van der Waals surface area contributed by atoms with Gasteiger partial charge in [0.05, 0.1) is 7.11 Å². The van der Waals surface area contributed by atoms with Crippen LogP contribution in [-0.2, 0) is 10.3 Å². The summed E-state index contributed by atoms with van der Waals surface area (Å²) >= 11 is 6.14. The Bertz CT molecular complexity index is 642. The number of hydrogen-bond acceptors (Lipinski definition) is 3. The highest BCUT2D eigenvalue weighted by Crippen LogP contribution is 2.32. The predicted molar refractivity (Wildman–Crippen MR) is 83.1 cm³/mol. The molecule has 0 aliphatic heterocycles. The van der Waals surface area contributed by atoms with Crippen molar-refractivity contribution < 1.29 is 14.6 Å². The Morgan fingerprint density at radius 1 is 1.19 bits per heavy atom. The van der Waals surface area contributed by atoms with Crippen LogP contribution in [0.25, 0.3) is 0 Å². The van der Waals surface area contributed by atoms with E-state index in [1.54, 1.807) is 62.6 Å². The van der Waals surface area contributed by atoms with E-state index in [2.05, 4.69) is 5.32 Å². The summed E-state index contributed by atoms with van der Waals surface area (Å²) in [6.07, 6.45) is 0. The number of carbonyl (C=O) groups is 1. The van der Waals surface area contributed by atoms with Crippen molar-refractivity contribution in [2.45, 2.75) is 12.5 Å². The third-order valence-corrected chi connectivity index (χ3v) is 3.65. The summed E-state index contributed by atoms with van der Waals surface area (Å²) in [5.74, 6) is -0.304. The van der Waals surface area contributed by atoms with Crippen LogP contribution < -0.4 is 10.1 Å². The molecule has 0 aromatic heterocycles. The predicted octanol–water partition coefficient (Wildman–Crippen LogP) is 3.76. The maximum atomic E-state index is 11.8. The summed E-state index contributed by atoms with van der Waals surface area (Å²) in [6.45, 7) is 1.58. The van der Waals surface area contributed by atoms with Crippen LogP contribution in [0.5, 0.6) is 5.75 Å². The third-order valence-electron chi connectivity index (χ3n) is 3.32. The van der Waals surface area contributed by atoms with E-state index in [-0.39, 0.29) is 0 Å². The molecule has 0 radical (unpaired) electrons. The molecule has 0 fully saturated rings. The number of carboxylic acids is 1. The van der Waals surface area contributed by atoms with Crippen molar-refractivity contribution in [3.63, 3.8) is 0 Å². The minimum Gasteiger partial charge on any atom is -0.497 e. The minimum atomic E-state index is -1.33. The standard InChI is InChI=1S/C16H16ClNO3/c1-16(15(19)20,13-5-3-4-6-14(13)17)18-11-7-9-12(21-2)10-8-11/h3-10,18H,1-2H3,(H,19,20). The number of ether oxygens (including phenoxy) is 1. The molecule has 0 saturated heterocycles. The average molecular weight is 306 g/mol. The molecule has 0 aliphatic carbocycles. The van der Waals surface area contributed by atoms with Gasteiger partial charge in [0.25, 0.3) is 0 Å². The molecule has 0 spiro atoms. The van der Waals surface area contributed by atoms with E-state index in [1.807, 2.05) is 0 Å². The van der Waals surface area contributed by atoms with Crippen molar-refractivity contribution in [3.05, 3.63) is 59.1 Å². The molecule has 2 aromatic rings. The number of hydrogen-bond donors (Lipinski definition) is 2. The maximum Gasteiger partial charge on any atom is 0.333 e. The normalized spacial score (nSPS) is 13.3. The van der Waals surface area contributed by atoms with E-state index in [0.717, 1.165) is 0 Å². The number of halogens is 1. The second kappa shape index (κ2) is 6.06. The lowest BCUT2D eigenvalue weighted by Gasteiger charge is -2.28. The molecule has 2 aromatic carbocycles. The van der Waals surface area contributed by atoms with Crippen LogP contribution >= 0.6 is 11.6 Å². The van der Waals surface area contributed by atoms with Gasteiger partial charge in [-0.25, -0.2) is 4.79 Å². The number of rotatable bonds is 5. The highest BCUT2D eigenvalue weighted by atomic mass is 35.5. The minimum absolute atomic E-state index is 0.406. The van der Waals surface area contributed by atoms with E-state index in [4.69, 9.17) is 16.3 Å².